The molecule has 2 aliphatic rings. The molecule has 0 saturated carbocycles. The van der Waals surface area contributed by atoms with Gasteiger partial charge < -0.3 is 19.7 Å². The minimum atomic E-state index is -0.841. The molecule has 5 rings (SSSR count). The number of halogens is 2. The number of imidazole rings is 1. The van der Waals surface area contributed by atoms with E-state index in [1.807, 2.05) is 13.2 Å². The lowest BCUT2D eigenvalue weighted by molar-refractivity contribution is 0.317. The van der Waals surface area contributed by atoms with Crippen LogP contribution in [0.5, 0.6) is 0 Å². The van der Waals surface area contributed by atoms with E-state index in [0.29, 0.717) is 17.2 Å². The quantitative estimate of drug-likeness (QED) is 0.489. The number of piperidine rings is 1. The molecule has 7 nitrogen and oxygen atoms in total. The molecule has 2 aromatic heterocycles. The number of hydrogen-bond acceptors (Lipinski definition) is 6. The Bertz CT molecular complexity index is 1180. The molecule has 0 spiro atoms. The Morgan fingerprint density at radius 2 is 1.78 bits per heavy atom. The summed E-state index contributed by atoms with van der Waals surface area (Å²) in [6.45, 7) is 8.02. The maximum Gasteiger partial charge on any atom is 0.159 e. The van der Waals surface area contributed by atoms with Crippen molar-refractivity contribution < 1.29 is 8.78 Å². The average Bonchev–Trinajstić information content (AvgIpc) is 3.59. The zero-order valence-electron chi connectivity index (χ0n) is 21.2. The van der Waals surface area contributed by atoms with Crippen LogP contribution in [0.2, 0.25) is 0 Å². The molecular formula is C27H35F2N7. The summed E-state index contributed by atoms with van der Waals surface area (Å²) in [6.07, 6.45) is 8.94. The van der Waals surface area contributed by atoms with Gasteiger partial charge in [-0.25, -0.2) is 23.7 Å². The number of benzene rings is 1. The van der Waals surface area contributed by atoms with Gasteiger partial charge in [0.25, 0.3) is 0 Å². The molecule has 0 bridgehead atoms. The smallest absolute Gasteiger partial charge is 0.159 e. The lowest BCUT2D eigenvalue weighted by atomic mass is 9.95. The van der Waals surface area contributed by atoms with Gasteiger partial charge >= 0.3 is 0 Å². The highest BCUT2D eigenvalue weighted by molar-refractivity contribution is 5.60. The monoisotopic (exact) mass is 495 g/mol. The average molecular weight is 496 g/mol. The van der Waals surface area contributed by atoms with Crippen molar-refractivity contribution in [2.75, 3.05) is 50.0 Å². The van der Waals surface area contributed by atoms with Crippen LogP contribution in [0.25, 0.3) is 11.3 Å². The second-order valence-corrected chi connectivity index (χ2v) is 9.74. The normalized spacial score (nSPS) is 17.2. The van der Waals surface area contributed by atoms with Crippen LogP contribution >= 0.6 is 0 Å². The number of rotatable bonds is 8. The van der Waals surface area contributed by atoms with Crippen molar-refractivity contribution >= 4 is 11.6 Å². The summed E-state index contributed by atoms with van der Waals surface area (Å²) < 4.78 is 29.7. The third-order valence-corrected chi connectivity index (χ3v) is 7.55. The molecule has 9 heteroatoms. The van der Waals surface area contributed by atoms with Gasteiger partial charge in [-0.1, -0.05) is 6.92 Å². The molecule has 0 radical (unpaired) electrons. The second-order valence-electron chi connectivity index (χ2n) is 9.74. The van der Waals surface area contributed by atoms with Crippen molar-refractivity contribution in [3.05, 3.63) is 53.7 Å². The molecule has 0 amide bonds. The van der Waals surface area contributed by atoms with E-state index in [2.05, 4.69) is 36.6 Å². The number of aromatic nitrogens is 4. The third-order valence-electron chi connectivity index (χ3n) is 7.55. The van der Waals surface area contributed by atoms with Crippen molar-refractivity contribution in [2.24, 2.45) is 0 Å². The molecule has 1 N–H and O–H groups in total. The summed E-state index contributed by atoms with van der Waals surface area (Å²) in [5, 5.41) is 3.19. The van der Waals surface area contributed by atoms with E-state index in [0.717, 1.165) is 81.6 Å². The lowest BCUT2D eigenvalue weighted by Gasteiger charge is -2.34. The van der Waals surface area contributed by atoms with E-state index in [-0.39, 0.29) is 0 Å². The molecule has 0 aliphatic carbocycles. The summed E-state index contributed by atoms with van der Waals surface area (Å²) >= 11 is 0. The molecule has 2 fully saturated rings. The zero-order valence-corrected chi connectivity index (χ0v) is 21.2. The van der Waals surface area contributed by atoms with Gasteiger partial charge in [-0.05, 0) is 63.4 Å². The number of hydrogen-bond donors (Lipinski definition) is 1. The molecule has 0 atom stereocenters. The van der Waals surface area contributed by atoms with Gasteiger partial charge in [0, 0.05) is 56.5 Å². The van der Waals surface area contributed by atoms with Crippen molar-refractivity contribution in [2.45, 2.75) is 51.5 Å². The second kappa shape index (κ2) is 10.9. The summed E-state index contributed by atoms with van der Waals surface area (Å²) in [7, 11) is 1.89. The molecule has 36 heavy (non-hydrogen) atoms. The highest BCUT2D eigenvalue weighted by atomic mass is 19.2. The van der Waals surface area contributed by atoms with E-state index in [1.54, 1.807) is 12.4 Å². The Balaban J connectivity index is 1.37. The number of nitrogens with one attached hydrogen (secondary N) is 1. The topological polar surface area (TPSA) is 62.1 Å². The van der Waals surface area contributed by atoms with Crippen LogP contribution in [-0.4, -0.2) is 64.2 Å². The first-order chi connectivity index (χ1) is 17.6. The molecule has 4 heterocycles. The first kappa shape index (κ1) is 24.6. The largest absolute Gasteiger partial charge is 0.373 e. The number of likely N-dealkylation sites (tertiary alicyclic amines) is 1. The number of nitrogens with zero attached hydrogens (tertiary/aromatic N) is 6. The highest BCUT2D eigenvalue weighted by Gasteiger charge is 2.28. The Morgan fingerprint density at radius 3 is 2.47 bits per heavy atom. The number of anilines is 2. The summed E-state index contributed by atoms with van der Waals surface area (Å²) in [5.74, 6) is 1.56. The first-order valence-electron chi connectivity index (χ1n) is 13.1. The van der Waals surface area contributed by atoms with Crippen molar-refractivity contribution in [1.29, 1.82) is 0 Å². The van der Waals surface area contributed by atoms with Gasteiger partial charge in [0.1, 0.15) is 23.8 Å². The lowest BCUT2D eigenvalue weighted by Crippen LogP contribution is -2.35. The summed E-state index contributed by atoms with van der Waals surface area (Å²) in [4.78, 5) is 18.8. The highest BCUT2D eigenvalue weighted by Crippen LogP contribution is 2.34. The van der Waals surface area contributed by atoms with Crippen LogP contribution in [0.3, 0.4) is 0 Å². The zero-order chi connectivity index (χ0) is 25.1. The summed E-state index contributed by atoms with van der Waals surface area (Å²) in [6, 6.07) is 4.03. The van der Waals surface area contributed by atoms with Gasteiger partial charge in [-0.3, -0.25) is 0 Å². The van der Waals surface area contributed by atoms with Crippen molar-refractivity contribution in [3.63, 3.8) is 0 Å². The van der Waals surface area contributed by atoms with E-state index < -0.39 is 11.6 Å². The summed E-state index contributed by atoms with van der Waals surface area (Å²) in [5.41, 5.74) is 2.46. The Labute approximate surface area is 211 Å². The Kier molecular flexibility index (Phi) is 7.46. The first-order valence-corrected chi connectivity index (χ1v) is 13.1. The van der Waals surface area contributed by atoms with Crippen molar-refractivity contribution in [3.8, 4) is 11.3 Å². The predicted molar refractivity (Wildman–Crippen MR) is 138 cm³/mol. The fourth-order valence-electron chi connectivity index (χ4n) is 5.55. The molecule has 2 saturated heterocycles. The van der Waals surface area contributed by atoms with Crippen molar-refractivity contribution in [1.82, 2.24) is 24.4 Å². The third kappa shape index (κ3) is 5.07. The molecule has 2 aliphatic heterocycles. The van der Waals surface area contributed by atoms with Crippen LogP contribution in [0.4, 0.5) is 20.4 Å². The fourth-order valence-corrected chi connectivity index (χ4v) is 5.55. The SMILES string of the molecule is CCc1c(NC)ncnc1N1CCC(c2nc(-c3ccc(F)c(F)c3)cn2CCN2CCCC2)CC1. The predicted octanol–water partition coefficient (Wildman–Crippen LogP) is 4.70. The van der Waals surface area contributed by atoms with Gasteiger partial charge in [-0.2, -0.15) is 0 Å². The van der Waals surface area contributed by atoms with Crippen LogP contribution in [0.15, 0.2) is 30.7 Å². The van der Waals surface area contributed by atoms with Crippen LogP contribution in [0, 0.1) is 11.6 Å². The maximum atomic E-state index is 14.0. The van der Waals surface area contributed by atoms with Gasteiger partial charge in [0.2, 0.25) is 0 Å². The Morgan fingerprint density at radius 1 is 1.00 bits per heavy atom. The maximum absolute atomic E-state index is 14.0. The van der Waals surface area contributed by atoms with Crippen LogP contribution in [-0.2, 0) is 13.0 Å². The fraction of sp³-hybridized carbons (Fsp3) is 0.519. The van der Waals surface area contributed by atoms with Crippen LogP contribution < -0.4 is 10.2 Å². The molecule has 0 unspecified atom stereocenters. The molecule has 3 aromatic rings. The van der Waals surface area contributed by atoms with E-state index >= 15 is 0 Å². The van der Waals surface area contributed by atoms with E-state index in [1.165, 1.54) is 25.0 Å². The van der Waals surface area contributed by atoms with E-state index in [4.69, 9.17) is 4.98 Å². The minimum absolute atomic E-state index is 0.301. The van der Waals surface area contributed by atoms with Gasteiger partial charge in [-0.15, -0.1) is 0 Å². The standard InChI is InChI=1S/C27H35F2N7/c1-3-21-25(30-2)31-18-32-27(21)35-12-8-19(9-13-35)26-33-24(20-6-7-22(28)23(29)16-20)17-36(26)15-14-34-10-4-5-11-34/h6-7,16-19H,3-5,8-15H2,1-2H3,(H,30,31,32). The minimum Gasteiger partial charge on any atom is -0.373 e. The van der Waals surface area contributed by atoms with Gasteiger partial charge in [0.05, 0.1) is 5.69 Å². The van der Waals surface area contributed by atoms with Gasteiger partial charge in [0.15, 0.2) is 11.6 Å². The molecular weight excluding hydrogens is 460 g/mol. The van der Waals surface area contributed by atoms with Crippen LogP contribution in [0.1, 0.15) is 49.9 Å². The Hall–Kier alpha value is -3.07. The van der Waals surface area contributed by atoms with E-state index in [9.17, 15) is 8.78 Å². The molecule has 1 aromatic carbocycles. The molecule has 192 valence electrons.